The molecule has 6 aromatic carbocycles. The zero-order valence-corrected chi connectivity index (χ0v) is 74.2. The average Bonchev–Trinajstić information content (AvgIpc) is 1.60. The Kier molecular flexibility index (Phi) is 34.8. The van der Waals surface area contributed by atoms with Gasteiger partial charge in [-0.25, -0.2) is 34.3 Å². The van der Waals surface area contributed by atoms with Gasteiger partial charge in [-0.2, -0.15) is 0 Å². The number of carboxylic acid groups (broad SMARTS) is 1. The topological polar surface area (TPSA) is 286 Å². The quantitative estimate of drug-likeness (QED) is 0.0210. The summed E-state index contributed by atoms with van der Waals surface area (Å²) in [6.07, 6.45) is 23.4. The maximum absolute atomic E-state index is 13.2. The van der Waals surface area contributed by atoms with Crippen molar-refractivity contribution >= 4 is 32.6 Å². The molecule has 12 heterocycles. The molecule has 125 heavy (non-hydrogen) atoms. The number of ether oxygens (including phenoxy) is 2. The third-order valence-corrected chi connectivity index (χ3v) is 23.0. The minimum absolute atomic E-state index is 0. The number of hydrogen-bond acceptors (Lipinski definition) is 19. The fraction of sp³-hybridized carbons (Fsp3) is 0.347. The molecule has 27 heteroatoms. The molecular weight excluding hydrogens is 1590 g/mol. The van der Waals surface area contributed by atoms with Gasteiger partial charge >= 0.3 is 41.5 Å². The summed E-state index contributed by atoms with van der Waals surface area (Å²) in [6, 6.07) is 67.7. The van der Waals surface area contributed by atoms with Crippen molar-refractivity contribution in [1.82, 2.24) is 57.5 Å². The number of benzene rings is 6. The van der Waals surface area contributed by atoms with E-state index in [9.17, 15) is 33.9 Å². The molecule has 18 rings (SSSR count). The summed E-state index contributed by atoms with van der Waals surface area (Å²) in [7, 11) is 0. The summed E-state index contributed by atoms with van der Waals surface area (Å²) in [4.78, 5) is 106. The molecule has 3 saturated heterocycles. The number of unbranched alkanes of at least 4 members (excludes halogenated alkanes) is 2. The van der Waals surface area contributed by atoms with Crippen molar-refractivity contribution in [3.63, 3.8) is 0 Å². The number of nitrogens with zero attached hydrogens (tertiary/aromatic N) is 11. The predicted molar refractivity (Wildman–Crippen MR) is 476 cm³/mol. The van der Waals surface area contributed by atoms with Gasteiger partial charge in [0.2, 0.25) is 16.3 Å². The second kappa shape index (κ2) is 46.3. The molecule has 25 nitrogen and oxygen atoms in total. The van der Waals surface area contributed by atoms with Crippen molar-refractivity contribution < 1.29 is 78.2 Å². The summed E-state index contributed by atoms with van der Waals surface area (Å²) in [5.74, 6) is 0.335. The van der Waals surface area contributed by atoms with Gasteiger partial charge < -0.3 is 57.2 Å². The van der Waals surface area contributed by atoms with Crippen molar-refractivity contribution in [1.29, 1.82) is 0 Å². The number of likely N-dealkylation sites (tertiary alicyclic amines) is 2. The van der Waals surface area contributed by atoms with Crippen LogP contribution in [0.25, 0.3) is 34.6 Å². The smallest absolute Gasteiger partial charge is 0.550 e. The molecular formula is C98H109BN12NaO13. The van der Waals surface area contributed by atoms with E-state index in [0.29, 0.717) is 66.5 Å². The van der Waals surface area contributed by atoms with E-state index in [4.69, 9.17) is 29.3 Å². The maximum atomic E-state index is 13.2. The molecule has 12 aromatic rings. The molecule has 6 aromatic heterocycles. The molecule has 643 valence electrons. The van der Waals surface area contributed by atoms with E-state index in [0.717, 1.165) is 127 Å². The van der Waals surface area contributed by atoms with Gasteiger partial charge in [0.25, 0.3) is 0 Å². The van der Waals surface area contributed by atoms with E-state index in [1.54, 1.807) is 18.3 Å². The number of aromatic nitrogens is 9. The fourth-order valence-corrected chi connectivity index (χ4v) is 17.3. The van der Waals surface area contributed by atoms with Crippen LogP contribution < -0.4 is 65.7 Å². The van der Waals surface area contributed by atoms with Gasteiger partial charge in [0.1, 0.15) is 22.8 Å². The van der Waals surface area contributed by atoms with Crippen LogP contribution in [0.4, 0.5) is 0 Å². The zero-order chi connectivity index (χ0) is 86.1. The van der Waals surface area contributed by atoms with Crippen molar-refractivity contribution in [3.8, 4) is 51.8 Å². The minimum Gasteiger partial charge on any atom is -0.550 e. The van der Waals surface area contributed by atoms with Gasteiger partial charge in [0, 0.05) is 115 Å². The Bertz CT molecular complexity index is 5520. The molecule has 3 atom stereocenters. The van der Waals surface area contributed by atoms with E-state index in [2.05, 4.69) is 200 Å². The van der Waals surface area contributed by atoms with Gasteiger partial charge in [0.15, 0.2) is 41.0 Å². The maximum Gasteiger partial charge on any atom is 1.00 e. The largest absolute Gasteiger partial charge is 1.00 e. The molecule has 0 saturated carbocycles. The predicted octanol–water partition coefficient (Wildman–Crippen LogP) is 11.1. The molecule has 0 aliphatic carbocycles. The fourth-order valence-electron chi connectivity index (χ4n) is 17.3. The van der Waals surface area contributed by atoms with Gasteiger partial charge in [-0.3, -0.25) is 29.0 Å². The number of nitrogens with one attached hydrogen (secondary N) is 1. The van der Waals surface area contributed by atoms with Crippen molar-refractivity contribution in [2.24, 2.45) is 0 Å². The number of rotatable bonds is 22. The monoisotopic (exact) mass is 1700 g/mol. The summed E-state index contributed by atoms with van der Waals surface area (Å²) < 4.78 is 25.2. The number of aldehydes is 1. The summed E-state index contributed by atoms with van der Waals surface area (Å²) >= 11 is 0. The molecule has 2 N–H and O–H groups in total. The number of carboxylic acids is 1. The first-order chi connectivity index (χ1) is 60.0. The third kappa shape index (κ3) is 23.2. The number of carbonyl (C=O) groups is 4. The Balaban J connectivity index is 0.000000165. The van der Waals surface area contributed by atoms with Crippen LogP contribution in [0.3, 0.4) is 0 Å². The van der Waals surface area contributed by atoms with Crippen molar-refractivity contribution in [3.05, 3.63) is 319 Å². The molecule has 3 radical (unpaired) electrons. The van der Waals surface area contributed by atoms with Gasteiger partial charge in [-0.05, 0) is 131 Å². The molecule has 0 unspecified atom stereocenters. The molecule has 0 amide bonds. The zero-order valence-electron chi connectivity index (χ0n) is 72.2. The summed E-state index contributed by atoms with van der Waals surface area (Å²) in [6.45, 7) is 19.1. The number of fused-ring (bicyclic) bond motifs is 9. The first kappa shape index (κ1) is 93.9. The molecule has 0 spiro atoms. The van der Waals surface area contributed by atoms with E-state index in [1.807, 2.05) is 84.1 Å². The number of aliphatic carboxylic acids is 1. The third-order valence-electron chi connectivity index (χ3n) is 23.0. The van der Waals surface area contributed by atoms with Crippen LogP contribution >= 0.6 is 0 Å². The second-order valence-corrected chi connectivity index (χ2v) is 31.5. The number of imidazole rings is 3. The van der Waals surface area contributed by atoms with Crippen LogP contribution in [0, 0.1) is 0 Å². The molecule has 0 bridgehead atoms. The Morgan fingerprint density at radius 1 is 0.456 bits per heavy atom. The Morgan fingerprint density at radius 2 is 0.760 bits per heavy atom. The van der Waals surface area contributed by atoms with Crippen LogP contribution in [-0.4, -0.2) is 142 Å². The number of carbonyl (C=O) groups excluding carboxylic acids is 4. The number of hydrogen-bond donors (Lipinski definition) is 2. The summed E-state index contributed by atoms with van der Waals surface area (Å²) in [5.41, 5.74) is 11.4. The van der Waals surface area contributed by atoms with E-state index >= 15 is 0 Å². The average molecular weight is 1700 g/mol. The molecule has 6 aliphatic rings. The van der Waals surface area contributed by atoms with E-state index in [-0.39, 0.29) is 95.9 Å². The van der Waals surface area contributed by atoms with Crippen LogP contribution in [0.2, 0.25) is 0 Å². The number of aromatic hydroxyl groups is 1. The van der Waals surface area contributed by atoms with E-state index < -0.39 is 17.9 Å². The Morgan fingerprint density at radius 3 is 1.07 bits per heavy atom. The van der Waals surface area contributed by atoms with Crippen molar-refractivity contribution in [2.75, 3.05) is 52.5 Å². The Labute approximate surface area is 753 Å². The molecule has 6 aliphatic heterocycles. The normalized spacial score (nSPS) is 15.5. The van der Waals surface area contributed by atoms with Gasteiger partial charge in [0.05, 0.1) is 61.3 Å². The first-order valence-corrected chi connectivity index (χ1v) is 42.8. The summed E-state index contributed by atoms with van der Waals surface area (Å²) in [5, 5.41) is 23.0. The van der Waals surface area contributed by atoms with Crippen LogP contribution in [0.1, 0.15) is 190 Å². The first-order valence-electron chi connectivity index (χ1n) is 42.8. The van der Waals surface area contributed by atoms with Crippen LogP contribution in [0.15, 0.2) is 252 Å². The SMILES string of the molecule is C1CCNC1.CC(=O)OOC(C)=O.CC(=O)[O-].CCCCOc1c2n(ccc1=O)[C@@H](C(c1ccccc1)c1ccccc1)Cn1c(C=O)cnc1-2.CCCCOc1c2n(ccc1=O)[C@@H](C(c1ccccc1)c1ccccc1)Cn1c(CN3CCCC3)cnc1-2.O=c1ccn2c(c1O)-c1ncc(CN3CCCC3)n1C[C@@H]2C(c1ccccc1)c1ccccc1.[B].[Na+]. The van der Waals surface area contributed by atoms with Gasteiger partial charge in [-0.1, -0.05) is 209 Å². The van der Waals surface area contributed by atoms with Crippen LogP contribution in [0.5, 0.6) is 17.2 Å². The van der Waals surface area contributed by atoms with Gasteiger partial charge in [-0.15, -0.1) is 0 Å². The molecule has 3 fully saturated rings. The number of pyridine rings is 3. The van der Waals surface area contributed by atoms with E-state index in [1.165, 1.54) is 85.6 Å². The van der Waals surface area contributed by atoms with Crippen molar-refractivity contribution in [2.45, 2.75) is 167 Å². The standard InChI is InChI=1S/C32H36N4O2.C28H28N4O2.C28H27N3O3.C4H9N.C4H6O4.C2H4O2.B.Na/c1-2-3-20-38-31-28(37)16-19-35-27(29(24-12-6-4-7-13-24)25-14-8-5-9-15-25)23-36-26(21-33-32(36)30(31)35)22-34-17-10-11-18-34;33-24-13-16-31-23(25(20-9-3-1-4-10-20)21-11-5-2-6-12-21)19-32-22(18-30-14-7-8-15-30)17-29-28(32)26(31)27(24)34;1-2-3-16-34-27-24(33)14-15-30-23(18-31-22(19-32)17-29-28(31)26(27)30)25(20-10-6-4-7-11-20)21-12-8-5-9-13-21;1-2-4-5-3-1;1-3(5)7-8-4(2)6;1-2(3)4;;/h4-9,12-16,19,21,27,29H,2-3,10-11,17-18,20,22-23H2,1H3;1-6,9-13,16-17,23,25,34H,7-8,14-15,18-19H2;4-15,17,19,23,25H,2-3,16,18H2,1H3;5H,1-4H2;1-2H3;1H3,(H,3,4);;/q;;;;;;;+1/p-1/t27-;2*23-;;;;;/m111...../s1. The Hall–Kier alpha value is -11.8. The minimum atomic E-state index is -1.08. The second-order valence-electron chi connectivity index (χ2n) is 31.5. The van der Waals surface area contributed by atoms with Crippen LogP contribution in [-0.2, 0) is 56.9 Å².